The van der Waals surface area contributed by atoms with E-state index in [1.165, 1.54) is 27.1 Å². The van der Waals surface area contributed by atoms with Gasteiger partial charge in [-0.15, -0.1) is 0 Å². The molecule has 0 aliphatic heterocycles. The van der Waals surface area contributed by atoms with Crippen molar-refractivity contribution in [3.63, 3.8) is 0 Å². The van der Waals surface area contributed by atoms with Gasteiger partial charge in [0.05, 0.1) is 26.3 Å². The lowest BCUT2D eigenvalue weighted by Crippen LogP contribution is -3.01. The van der Waals surface area contributed by atoms with Crippen LogP contribution in [-0.2, 0) is 4.74 Å². The predicted octanol–water partition coefficient (Wildman–Crippen LogP) is 1.34. The Bertz CT molecular complexity index is 515. The molecule has 1 fully saturated rings. The minimum atomic E-state index is -0.479. The van der Waals surface area contributed by atoms with Crippen molar-refractivity contribution in [1.29, 1.82) is 0 Å². The zero-order valence-electron chi connectivity index (χ0n) is 12.7. The molecule has 2 rings (SSSR count). The molecular weight excluding hydrogens is 272 g/mol. The molecule has 21 heavy (non-hydrogen) atoms. The summed E-state index contributed by atoms with van der Waals surface area (Å²) in [5, 5.41) is 15.4. The zero-order valence-corrected chi connectivity index (χ0v) is 12.7. The Hall–Kier alpha value is -1.79. The number of carbonyl (C=O) groups is 1. The number of hydrogen-bond donors (Lipinski definition) is 2. The Morgan fingerprint density at radius 2 is 2.14 bits per heavy atom. The molecule has 6 nitrogen and oxygen atoms in total. The van der Waals surface area contributed by atoms with Gasteiger partial charge in [-0.2, -0.15) is 0 Å². The Balaban J connectivity index is 2.39. The molecule has 0 saturated heterocycles. The normalized spacial score (nSPS) is 15.4. The van der Waals surface area contributed by atoms with Gasteiger partial charge < -0.3 is 25.1 Å². The van der Waals surface area contributed by atoms with Gasteiger partial charge in [-0.05, 0) is 31.7 Å². The average Bonchev–Trinajstić information content (AvgIpc) is 3.34. The van der Waals surface area contributed by atoms with E-state index in [1.807, 2.05) is 0 Å². The van der Waals surface area contributed by atoms with E-state index in [2.05, 4.69) is 5.32 Å². The van der Waals surface area contributed by atoms with Gasteiger partial charge in [0, 0.05) is 12.6 Å². The van der Waals surface area contributed by atoms with Crippen LogP contribution in [0.5, 0.6) is 5.75 Å². The number of quaternary nitrogens is 1. The summed E-state index contributed by atoms with van der Waals surface area (Å²) in [5.74, 6) is 0.683. The van der Waals surface area contributed by atoms with Crippen LogP contribution in [0.3, 0.4) is 0 Å². The van der Waals surface area contributed by atoms with Crippen LogP contribution in [-0.4, -0.2) is 33.3 Å². The standard InChI is InChI=1S/C15H22N2O4/c1-4-17(19)12-7-11(15(18)21-3)8-13(20-2)14(12)16-9-10-5-6-10/h7-8,10,16-17H,4-6,9H2,1-3H3. The first-order valence-electron chi connectivity index (χ1n) is 7.18. The molecule has 0 aromatic heterocycles. The van der Waals surface area contributed by atoms with Crippen LogP contribution >= 0.6 is 0 Å². The summed E-state index contributed by atoms with van der Waals surface area (Å²) in [6, 6.07) is 3.18. The fraction of sp³-hybridized carbons (Fsp3) is 0.533. The first-order chi connectivity index (χ1) is 10.1. The Labute approximate surface area is 124 Å². The van der Waals surface area contributed by atoms with Crippen LogP contribution in [0.15, 0.2) is 12.1 Å². The monoisotopic (exact) mass is 294 g/mol. The number of hydrogen-bond acceptors (Lipinski definition) is 5. The van der Waals surface area contributed by atoms with Gasteiger partial charge in [-0.1, -0.05) is 0 Å². The molecule has 116 valence electrons. The number of benzene rings is 1. The van der Waals surface area contributed by atoms with Crippen molar-refractivity contribution < 1.29 is 19.3 Å². The van der Waals surface area contributed by atoms with Crippen molar-refractivity contribution in [2.75, 3.05) is 32.6 Å². The predicted molar refractivity (Wildman–Crippen MR) is 80.1 cm³/mol. The maximum atomic E-state index is 12.2. The fourth-order valence-corrected chi connectivity index (χ4v) is 2.17. The maximum Gasteiger partial charge on any atom is 0.338 e. The largest absolute Gasteiger partial charge is 0.629 e. The van der Waals surface area contributed by atoms with Crippen LogP contribution < -0.4 is 15.1 Å². The van der Waals surface area contributed by atoms with E-state index in [-0.39, 0.29) is 5.06 Å². The van der Waals surface area contributed by atoms with Gasteiger partial charge in [-0.25, -0.2) is 4.79 Å². The highest BCUT2D eigenvalue weighted by Gasteiger charge is 2.24. The summed E-state index contributed by atoms with van der Waals surface area (Å²) < 4.78 is 10.1. The molecular formula is C15H22N2O4. The summed E-state index contributed by atoms with van der Waals surface area (Å²) in [5.41, 5.74) is 1.48. The molecule has 0 radical (unpaired) electrons. The number of esters is 1. The molecule has 1 saturated carbocycles. The van der Waals surface area contributed by atoms with E-state index >= 15 is 0 Å². The first-order valence-corrected chi connectivity index (χ1v) is 7.18. The van der Waals surface area contributed by atoms with Crippen LogP contribution in [0.1, 0.15) is 30.1 Å². The zero-order chi connectivity index (χ0) is 15.4. The van der Waals surface area contributed by atoms with E-state index in [0.29, 0.717) is 35.2 Å². The van der Waals surface area contributed by atoms with Crippen molar-refractivity contribution in [1.82, 2.24) is 0 Å². The van der Waals surface area contributed by atoms with Crippen LogP contribution in [0.4, 0.5) is 11.4 Å². The first kappa shape index (κ1) is 15.6. The van der Waals surface area contributed by atoms with Gasteiger partial charge in [0.2, 0.25) is 0 Å². The van der Waals surface area contributed by atoms with Crippen molar-refractivity contribution >= 4 is 17.3 Å². The Morgan fingerprint density at radius 1 is 1.43 bits per heavy atom. The molecule has 0 spiro atoms. The molecule has 0 amide bonds. The highest BCUT2D eigenvalue weighted by molar-refractivity contribution is 5.92. The van der Waals surface area contributed by atoms with Crippen molar-refractivity contribution in [3.05, 3.63) is 22.9 Å². The number of anilines is 1. The molecule has 1 atom stereocenters. The molecule has 6 heteroatoms. The molecule has 1 aromatic carbocycles. The van der Waals surface area contributed by atoms with Crippen LogP contribution in [0.25, 0.3) is 0 Å². The van der Waals surface area contributed by atoms with E-state index in [0.717, 1.165) is 6.54 Å². The minimum absolute atomic E-state index is 0.0302. The van der Waals surface area contributed by atoms with Gasteiger partial charge in [0.1, 0.15) is 11.4 Å². The van der Waals surface area contributed by atoms with Gasteiger partial charge >= 0.3 is 5.97 Å². The second-order valence-corrected chi connectivity index (χ2v) is 5.19. The topological polar surface area (TPSA) is 75.1 Å². The lowest BCUT2D eigenvalue weighted by Gasteiger charge is -2.25. The molecule has 1 aromatic rings. The SMILES string of the molecule is CC[NH+]([O-])c1cc(C(=O)OC)cc(OC)c1NCC1CC1. The number of nitrogens with one attached hydrogen (secondary N) is 2. The summed E-state index contributed by atoms with van der Waals surface area (Å²) in [6.45, 7) is 2.98. The number of methoxy groups -OCH3 is 2. The molecule has 0 heterocycles. The quantitative estimate of drug-likeness (QED) is 0.586. The summed E-state index contributed by atoms with van der Waals surface area (Å²) in [7, 11) is 2.84. The lowest BCUT2D eigenvalue weighted by molar-refractivity contribution is -0.773. The molecule has 2 N–H and O–H groups in total. The van der Waals surface area contributed by atoms with Gasteiger partial charge in [0.15, 0.2) is 5.69 Å². The third kappa shape index (κ3) is 3.65. The smallest absolute Gasteiger partial charge is 0.338 e. The summed E-state index contributed by atoms with van der Waals surface area (Å²) in [4.78, 5) is 11.7. The van der Waals surface area contributed by atoms with Crippen molar-refractivity contribution in [2.24, 2.45) is 5.92 Å². The molecule has 1 unspecified atom stereocenters. The van der Waals surface area contributed by atoms with E-state index in [1.54, 1.807) is 19.1 Å². The highest BCUT2D eigenvalue weighted by atomic mass is 16.5. The maximum absolute atomic E-state index is 12.2. The number of hydroxylamine groups is 1. The fourth-order valence-electron chi connectivity index (χ4n) is 2.17. The van der Waals surface area contributed by atoms with E-state index < -0.39 is 5.97 Å². The van der Waals surface area contributed by atoms with Crippen molar-refractivity contribution in [3.8, 4) is 5.75 Å². The third-order valence-corrected chi connectivity index (χ3v) is 3.63. The van der Waals surface area contributed by atoms with Crippen LogP contribution in [0, 0.1) is 11.1 Å². The Kier molecular flexibility index (Phi) is 5.03. The van der Waals surface area contributed by atoms with Crippen LogP contribution in [0.2, 0.25) is 0 Å². The average molecular weight is 294 g/mol. The number of carbonyl (C=O) groups excluding carboxylic acids is 1. The number of ether oxygens (including phenoxy) is 2. The third-order valence-electron chi connectivity index (χ3n) is 3.63. The second kappa shape index (κ2) is 6.78. The van der Waals surface area contributed by atoms with E-state index in [4.69, 9.17) is 9.47 Å². The molecule has 0 bridgehead atoms. The van der Waals surface area contributed by atoms with Crippen molar-refractivity contribution in [2.45, 2.75) is 19.8 Å². The minimum Gasteiger partial charge on any atom is -0.629 e. The summed E-state index contributed by atoms with van der Waals surface area (Å²) in [6.07, 6.45) is 2.43. The number of rotatable bonds is 7. The van der Waals surface area contributed by atoms with Gasteiger partial charge in [0.25, 0.3) is 0 Å². The lowest BCUT2D eigenvalue weighted by atomic mass is 10.1. The highest BCUT2D eigenvalue weighted by Crippen LogP contribution is 2.35. The van der Waals surface area contributed by atoms with E-state index in [9.17, 15) is 10.0 Å². The Morgan fingerprint density at radius 3 is 2.67 bits per heavy atom. The second-order valence-electron chi connectivity index (χ2n) is 5.19. The van der Waals surface area contributed by atoms with Gasteiger partial charge in [-0.3, -0.25) is 0 Å². The summed E-state index contributed by atoms with van der Waals surface area (Å²) >= 11 is 0. The molecule has 1 aliphatic rings. The molecule has 1 aliphatic carbocycles.